The zero-order valence-corrected chi connectivity index (χ0v) is 15.5. The molecule has 0 fully saturated rings. The van der Waals surface area contributed by atoms with Crippen LogP contribution in [0.15, 0.2) is 23.3 Å². The lowest BCUT2D eigenvalue weighted by Gasteiger charge is -2.32. The summed E-state index contributed by atoms with van der Waals surface area (Å²) in [5.41, 5.74) is 10.0. The van der Waals surface area contributed by atoms with E-state index in [-0.39, 0.29) is 11.6 Å². The van der Waals surface area contributed by atoms with E-state index in [1.54, 1.807) is 4.90 Å². The normalized spacial score (nSPS) is 15.6. The number of hydrogen-bond donors (Lipinski definition) is 2. The molecule has 1 aromatic carbocycles. The molecule has 2 rings (SSSR count). The zero-order valence-electron chi connectivity index (χ0n) is 15.5. The molecule has 0 radical (unpaired) electrons. The van der Waals surface area contributed by atoms with Crippen molar-refractivity contribution in [1.82, 2.24) is 10.3 Å². The number of hydrogen-bond acceptors (Lipinski definition) is 4. The minimum absolute atomic E-state index is 0.217. The van der Waals surface area contributed by atoms with Crippen molar-refractivity contribution < 1.29 is 9.59 Å². The molecule has 1 aliphatic rings. The Labute approximate surface area is 148 Å². The number of urea groups is 1. The van der Waals surface area contributed by atoms with Gasteiger partial charge in [0, 0.05) is 30.7 Å². The van der Waals surface area contributed by atoms with Crippen LogP contribution in [0.25, 0.3) is 0 Å². The predicted octanol–water partition coefficient (Wildman–Crippen LogP) is 1.83. The monoisotopic (exact) mass is 345 g/mol. The van der Waals surface area contributed by atoms with Crippen LogP contribution in [0.3, 0.4) is 0 Å². The molecule has 0 spiro atoms. The summed E-state index contributed by atoms with van der Waals surface area (Å²) in [7, 11) is 0. The fourth-order valence-electron chi connectivity index (χ4n) is 3.31. The third-order valence-corrected chi connectivity index (χ3v) is 4.40. The van der Waals surface area contributed by atoms with Crippen LogP contribution in [0, 0.1) is 6.92 Å². The fraction of sp³-hybridized carbons (Fsp3) is 0.500. The maximum absolute atomic E-state index is 12.9. The van der Waals surface area contributed by atoms with Gasteiger partial charge >= 0.3 is 6.03 Å². The van der Waals surface area contributed by atoms with Crippen molar-refractivity contribution in [2.45, 2.75) is 46.7 Å². The highest BCUT2D eigenvalue weighted by molar-refractivity contribution is 6.54. The smallest absolute Gasteiger partial charge is 0.332 e. The van der Waals surface area contributed by atoms with E-state index >= 15 is 0 Å². The SMILES string of the molecule is Cc1cccc2c1N(CCN(C(C)C)C(C)C)C(=O)/C2=N/NC(N)=O. The van der Waals surface area contributed by atoms with Crippen molar-refractivity contribution >= 4 is 23.3 Å². The molecule has 0 unspecified atom stereocenters. The number of benzene rings is 1. The second-order valence-corrected chi connectivity index (χ2v) is 6.79. The van der Waals surface area contributed by atoms with Crippen LogP contribution in [-0.4, -0.2) is 47.7 Å². The highest BCUT2D eigenvalue weighted by Gasteiger charge is 2.35. The van der Waals surface area contributed by atoms with Crippen LogP contribution < -0.4 is 16.1 Å². The Morgan fingerprint density at radius 2 is 1.92 bits per heavy atom. The van der Waals surface area contributed by atoms with Crippen LogP contribution in [0.5, 0.6) is 0 Å². The van der Waals surface area contributed by atoms with E-state index in [0.29, 0.717) is 18.6 Å². The first-order valence-corrected chi connectivity index (χ1v) is 8.54. The van der Waals surface area contributed by atoms with Gasteiger partial charge in [-0.3, -0.25) is 9.69 Å². The third-order valence-electron chi connectivity index (χ3n) is 4.40. The summed E-state index contributed by atoms with van der Waals surface area (Å²) in [6.07, 6.45) is 0. The number of rotatable bonds is 6. The lowest BCUT2D eigenvalue weighted by Crippen LogP contribution is -2.44. The van der Waals surface area contributed by atoms with Gasteiger partial charge in [-0.25, -0.2) is 10.2 Å². The number of nitrogens with two attached hydrogens (primary N) is 1. The summed E-state index contributed by atoms with van der Waals surface area (Å²) in [5, 5.41) is 3.92. The summed E-state index contributed by atoms with van der Waals surface area (Å²) < 4.78 is 0. The van der Waals surface area contributed by atoms with Crippen molar-refractivity contribution in [1.29, 1.82) is 0 Å². The topological polar surface area (TPSA) is 91.0 Å². The standard InChI is InChI=1S/C18H27N5O2/c1-11(2)22(12(3)4)9-10-23-16-13(5)7-6-8-14(16)15(17(23)24)20-21-18(19)25/h6-8,11-12H,9-10H2,1-5H3,(H3,19,21,25)/b20-15+. The number of carbonyl (C=O) groups excluding carboxylic acids is 2. The first-order valence-electron chi connectivity index (χ1n) is 8.54. The highest BCUT2D eigenvalue weighted by atomic mass is 16.2. The van der Waals surface area contributed by atoms with E-state index in [1.807, 2.05) is 25.1 Å². The van der Waals surface area contributed by atoms with Gasteiger partial charge in [-0.1, -0.05) is 18.2 Å². The molecular weight excluding hydrogens is 318 g/mol. The maximum atomic E-state index is 12.9. The number of aryl methyl sites for hydroxylation is 1. The second kappa shape index (κ2) is 7.65. The molecule has 136 valence electrons. The number of anilines is 1. The van der Waals surface area contributed by atoms with E-state index in [4.69, 9.17) is 5.73 Å². The Kier molecular flexibility index (Phi) is 5.79. The van der Waals surface area contributed by atoms with E-state index in [0.717, 1.165) is 23.4 Å². The Bertz CT molecular complexity index is 689. The van der Waals surface area contributed by atoms with Crippen molar-refractivity contribution in [3.63, 3.8) is 0 Å². The van der Waals surface area contributed by atoms with Gasteiger partial charge in [0.15, 0.2) is 5.71 Å². The Morgan fingerprint density at radius 3 is 2.48 bits per heavy atom. The number of fused-ring (bicyclic) bond motifs is 1. The lowest BCUT2D eigenvalue weighted by molar-refractivity contribution is -0.112. The lowest BCUT2D eigenvalue weighted by atomic mass is 10.1. The Morgan fingerprint density at radius 1 is 1.28 bits per heavy atom. The molecule has 0 saturated carbocycles. The summed E-state index contributed by atoms with van der Waals surface area (Å²) in [4.78, 5) is 27.9. The van der Waals surface area contributed by atoms with Crippen molar-refractivity contribution in [3.05, 3.63) is 29.3 Å². The van der Waals surface area contributed by atoms with E-state index in [1.165, 1.54) is 0 Å². The molecule has 3 amide bonds. The second-order valence-electron chi connectivity index (χ2n) is 6.79. The van der Waals surface area contributed by atoms with Crippen LogP contribution in [0.2, 0.25) is 0 Å². The minimum atomic E-state index is -0.793. The molecule has 0 atom stereocenters. The molecule has 1 aromatic rings. The van der Waals surface area contributed by atoms with Gasteiger partial charge in [0.05, 0.1) is 5.69 Å². The number of carbonyl (C=O) groups is 2. The van der Waals surface area contributed by atoms with Crippen LogP contribution in [0.4, 0.5) is 10.5 Å². The maximum Gasteiger partial charge on any atom is 0.332 e. The summed E-state index contributed by atoms with van der Waals surface area (Å²) in [5.74, 6) is -0.217. The van der Waals surface area contributed by atoms with Crippen LogP contribution in [0.1, 0.15) is 38.8 Å². The van der Waals surface area contributed by atoms with E-state index in [9.17, 15) is 9.59 Å². The van der Waals surface area contributed by atoms with Gasteiger partial charge < -0.3 is 10.6 Å². The molecule has 1 aliphatic heterocycles. The number of para-hydroxylation sites is 1. The predicted molar refractivity (Wildman–Crippen MR) is 99.8 cm³/mol. The van der Waals surface area contributed by atoms with Gasteiger partial charge in [-0.15, -0.1) is 0 Å². The Balaban J connectivity index is 2.32. The van der Waals surface area contributed by atoms with Gasteiger partial charge in [0.1, 0.15) is 0 Å². The van der Waals surface area contributed by atoms with Gasteiger partial charge in [0.25, 0.3) is 5.91 Å². The first kappa shape index (κ1) is 18.9. The number of nitrogens with one attached hydrogen (secondary N) is 1. The van der Waals surface area contributed by atoms with Gasteiger partial charge in [-0.05, 0) is 40.2 Å². The molecule has 0 aliphatic carbocycles. The number of amides is 3. The molecule has 7 nitrogen and oxygen atoms in total. The molecular formula is C18H27N5O2. The summed E-state index contributed by atoms with van der Waals surface area (Å²) >= 11 is 0. The van der Waals surface area contributed by atoms with Gasteiger partial charge in [0.2, 0.25) is 0 Å². The summed E-state index contributed by atoms with van der Waals surface area (Å²) in [6.45, 7) is 11.9. The van der Waals surface area contributed by atoms with Crippen molar-refractivity contribution in [3.8, 4) is 0 Å². The molecule has 0 aromatic heterocycles. The van der Waals surface area contributed by atoms with E-state index < -0.39 is 6.03 Å². The minimum Gasteiger partial charge on any atom is -0.350 e. The highest BCUT2D eigenvalue weighted by Crippen LogP contribution is 2.32. The van der Waals surface area contributed by atoms with Crippen LogP contribution >= 0.6 is 0 Å². The largest absolute Gasteiger partial charge is 0.350 e. The molecule has 0 saturated heterocycles. The number of hydrazone groups is 1. The molecule has 1 heterocycles. The molecule has 25 heavy (non-hydrogen) atoms. The van der Waals surface area contributed by atoms with Gasteiger partial charge in [-0.2, -0.15) is 5.10 Å². The van der Waals surface area contributed by atoms with Crippen molar-refractivity contribution in [2.24, 2.45) is 10.8 Å². The average molecular weight is 345 g/mol. The third kappa shape index (κ3) is 3.99. The molecule has 3 N–H and O–H groups in total. The number of primary amides is 1. The fourth-order valence-corrected chi connectivity index (χ4v) is 3.31. The number of nitrogens with zero attached hydrogens (tertiary/aromatic N) is 3. The quantitative estimate of drug-likeness (QED) is 0.771. The Hall–Kier alpha value is -2.41. The zero-order chi connectivity index (χ0) is 18.7. The van der Waals surface area contributed by atoms with E-state index in [2.05, 4.69) is 43.1 Å². The van der Waals surface area contributed by atoms with Crippen molar-refractivity contribution in [2.75, 3.05) is 18.0 Å². The molecule has 7 heteroatoms. The van der Waals surface area contributed by atoms with Crippen LogP contribution in [-0.2, 0) is 4.79 Å². The molecule has 0 bridgehead atoms. The average Bonchev–Trinajstić information content (AvgIpc) is 2.78. The first-order chi connectivity index (χ1) is 11.7. The summed E-state index contributed by atoms with van der Waals surface area (Å²) in [6, 6.07) is 5.66.